The summed E-state index contributed by atoms with van der Waals surface area (Å²) in [6, 6.07) is 6.09. The maximum absolute atomic E-state index is 11.1. The van der Waals surface area contributed by atoms with Crippen molar-refractivity contribution in [1.82, 2.24) is 0 Å². The van der Waals surface area contributed by atoms with E-state index in [2.05, 4.69) is 5.32 Å². The first-order valence-electron chi connectivity index (χ1n) is 3.73. The van der Waals surface area contributed by atoms with Gasteiger partial charge in [-0.15, -0.1) is 0 Å². The average Bonchev–Trinajstić information content (AvgIpc) is 2.15. The van der Waals surface area contributed by atoms with Crippen LogP contribution in [0, 0.1) is 11.3 Å². The number of nitrogens with two attached hydrogens (primary N) is 1. The Morgan fingerprint density at radius 1 is 1.50 bits per heavy atom. The summed E-state index contributed by atoms with van der Waals surface area (Å²) in [7, 11) is -2.21. The van der Waals surface area contributed by atoms with Crippen molar-refractivity contribution in [2.24, 2.45) is 5.14 Å². The second-order valence-corrected chi connectivity index (χ2v) is 4.15. The Labute approximate surface area is 82.2 Å². The lowest BCUT2D eigenvalue weighted by Gasteiger charge is -2.06. The monoisotopic (exact) mass is 211 g/mol. The molecule has 0 aliphatic rings. The molecular formula is C8H9N3O2S. The normalized spacial score (nSPS) is 10.6. The molecule has 0 aromatic heterocycles. The zero-order valence-corrected chi connectivity index (χ0v) is 8.30. The topological polar surface area (TPSA) is 96.0 Å². The molecule has 0 radical (unpaired) electrons. The fourth-order valence-electron chi connectivity index (χ4n) is 1.03. The Morgan fingerprint density at radius 3 is 2.57 bits per heavy atom. The van der Waals surface area contributed by atoms with Gasteiger partial charge in [-0.3, -0.25) is 0 Å². The van der Waals surface area contributed by atoms with Crippen LogP contribution in [0.5, 0.6) is 0 Å². The van der Waals surface area contributed by atoms with Crippen molar-refractivity contribution >= 4 is 15.7 Å². The largest absolute Gasteiger partial charge is 0.387 e. The SMILES string of the molecule is CNc1ccc(C#N)cc1S(N)(=O)=O. The van der Waals surface area contributed by atoms with E-state index in [1.165, 1.54) is 18.2 Å². The van der Waals surface area contributed by atoms with E-state index >= 15 is 0 Å². The Kier molecular flexibility index (Phi) is 2.74. The fourth-order valence-corrected chi connectivity index (χ4v) is 1.80. The van der Waals surface area contributed by atoms with Crippen LogP contribution in [0.4, 0.5) is 5.69 Å². The van der Waals surface area contributed by atoms with Gasteiger partial charge in [-0.1, -0.05) is 0 Å². The molecular weight excluding hydrogens is 202 g/mol. The number of benzene rings is 1. The number of hydrogen-bond donors (Lipinski definition) is 2. The number of anilines is 1. The molecule has 3 N–H and O–H groups in total. The molecule has 0 aliphatic carbocycles. The van der Waals surface area contributed by atoms with Crippen LogP contribution in [0.25, 0.3) is 0 Å². The minimum Gasteiger partial charge on any atom is -0.387 e. The first-order chi connectivity index (χ1) is 6.49. The Hall–Kier alpha value is -1.58. The van der Waals surface area contributed by atoms with Crippen molar-refractivity contribution in [3.05, 3.63) is 23.8 Å². The van der Waals surface area contributed by atoms with Crippen LogP contribution in [-0.2, 0) is 10.0 Å². The molecule has 14 heavy (non-hydrogen) atoms. The van der Waals surface area contributed by atoms with Gasteiger partial charge in [-0.2, -0.15) is 5.26 Å². The molecule has 1 rings (SSSR count). The molecule has 0 aliphatic heterocycles. The molecule has 6 heteroatoms. The number of primary sulfonamides is 1. The standard InChI is InChI=1S/C8H9N3O2S/c1-11-7-3-2-6(5-9)4-8(7)14(10,12)13/h2-4,11H,1H3,(H2,10,12,13). The van der Waals surface area contributed by atoms with Crippen LogP contribution in [0.2, 0.25) is 0 Å². The van der Waals surface area contributed by atoms with E-state index in [4.69, 9.17) is 10.4 Å². The van der Waals surface area contributed by atoms with Crippen LogP contribution in [0.1, 0.15) is 5.56 Å². The van der Waals surface area contributed by atoms with Crippen molar-refractivity contribution < 1.29 is 8.42 Å². The van der Waals surface area contributed by atoms with E-state index in [-0.39, 0.29) is 10.5 Å². The van der Waals surface area contributed by atoms with Gasteiger partial charge in [-0.25, -0.2) is 13.6 Å². The van der Waals surface area contributed by atoms with Gasteiger partial charge >= 0.3 is 0 Å². The summed E-state index contributed by atoms with van der Waals surface area (Å²) in [6.45, 7) is 0. The molecule has 0 saturated heterocycles. The summed E-state index contributed by atoms with van der Waals surface area (Å²) in [5, 5.41) is 16.2. The molecule has 0 atom stereocenters. The number of nitrogens with one attached hydrogen (secondary N) is 1. The number of nitriles is 1. The highest BCUT2D eigenvalue weighted by Crippen LogP contribution is 2.20. The van der Waals surface area contributed by atoms with Gasteiger partial charge in [0.2, 0.25) is 10.0 Å². The maximum Gasteiger partial charge on any atom is 0.240 e. The van der Waals surface area contributed by atoms with Crippen LogP contribution in [0.15, 0.2) is 23.1 Å². The molecule has 5 nitrogen and oxygen atoms in total. The molecule has 74 valence electrons. The summed E-state index contributed by atoms with van der Waals surface area (Å²) in [5.74, 6) is 0. The Bertz CT molecular complexity index is 488. The summed E-state index contributed by atoms with van der Waals surface area (Å²) >= 11 is 0. The van der Waals surface area contributed by atoms with Crippen molar-refractivity contribution in [2.45, 2.75) is 4.90 Å². The second-order valence-electron chi connectivity index (χ2n) is 2.62. The van der Waals surface area contributed by atoms with E-state index in [1.807, 2.05) is 6.07 Å². The third-order valence-corrected chi connectivity index (χ3v) is 2.64. The fraction of sp³-hybridized carbons (Fsp3) is 0.125. The molecule has 0 amide bonds. The number of rotatable bonds is 2. The van der Waals surface area contributed by atoms with Crippen molar-refractivity contribution in [3.8, 4) is 6.07 Å². The van der Waals surface area contributed by atoms with Crippen LogP contribution >= 0.6 is 0 Å². The molecule has 1 aromatic rings. The highest BCUT2D eigenvalue weighted by Gasteiger charge is 2.13. The van der Waals surface area contributed by atoms with E-state index < -0.39 is 10.0 Å². The third-order valence-electron chi connectivity index (χ3n) is 1.69. The first-order valence-corrected chi connectivity index (χ1v) is 5.28. The summed E-state index contributed by atoms with van der Waals surface area (Å²) in [5.41, 5.74) is 0.638. The second kappa shape index (κ2) is 3.65. The van der Waals surface area contributed by atoms with E-state index in [0.717, 1.165) is 0 Å². The predicted molar refractivity (Wildman–Crippen MR) is 52.1 cm³/mol. The smallest absolute Gasteiger partial charge is 0.240 e. The number of sulfonamides is 1. The van der Waals surface area contributed by atoms with Crippen LogP contribution in [0.3, 0.4) is 0 Å². The molecule has 0 spiro atoms. The summed E-state index contributed by atoms with van der Waals surface area (Å²) in [6.07, 6.45) is 0. The molecule has 0 fully saturated rings. The molecule has 0 heterocycles. The van der Waals surface area contributed by atoms with Gasteiger partial charge < -0.3 is 5.32 Å². The molecule has 0 unspecified atom stereocenters. The lowest BCUT2D eigenvalue weighted by atomic mass is 10.2. The van der Waals surface area contributed by atoms with Gasteiger partial charge in [0.05, 0.1) is 17.3 Å². The first kappa shape index (κ1) is 10.5. The molecule has 0 bridgehead atoms. The van der Waals surface area contributed by atoms with Gasteiger partial charge in [0, 0.05) is 7.05 Å². The molecule has 1 aromatic carbocycles. The van der Waals surface area contributed by atoms with Crippen molar-refractivity contribution in [2.75, 3.05) is 12.4 Å². The van der Waals surface area contributed by atoms with Crippen LogP contribution in [-0.4, -0.2) is 15.5 Å². The Morgan fingerprint density at radius 2 is 2.14 bits per heavy atom. The van der Waals surface area contributed by atoms with Crippen molar-refractivity contribution in [1.29, 1.82) is 5.26 Å². The lowest BCUT2D eigenvalue weighted by Crippen LogP contribution is -2.14. The van der Waals surface area contributed by atoms with Gasteiger partial charge in [0.15, 0.2) is 0 Å². The average molecular weight is 211 g/mol. The summed E-state index contributed by atoms with van der Waals surface area (Å²) in [4.78, 5) is -0.0703. The predicted octanol–water partition coefficient (Wildman–Crippen LogP) is 0.247. The van der Waals surface area contributed by atoms with Gasteiger partial charge in [0.25, 0.3) is 0 Å². The quantitative estimate of drug-likeness (QED) is 0.732. The third kappa shape index (κ3) is 2.02. The van der Waals surface area contributed by atoms with Gasteiger partial charge in [-0.05, 0) is 18.2 Å². The minimum absolute atomic E-state index is 0.0703. The van der Waals surface area contributed by atoms with Gasteiger partial charge in [0.1, 0.15) is 4.90 Å². The Balaban J connectivity index is 3.47. The van der Waals surface area contributed by atoms with E-state index in [9.17, 15) is 8.42 Å². The zero-order chi connectivity index (χ0) is 10.8. The lowest BCUT2D eigenvalue weighted by molar-refractivity contribution is 0.598. The molecule has 0 saturated carbocycles. The zero-order valence-electron chi connectivity index (χ0n) is 7.48. The maximum atomic E-state index is 11.1. The number of nitrogens with zero attached hydrogens (tertiary/aromatic N) is 1. The summed E-state index contributed by atoms with van der Waals surface area (Å²) < 4.78 is 22.2. The highest BCUT2D eigenvalue weighted by molar-refractivity contribution is 7.89. The highest BCUT2D eigenvalue weighted by atomic mass is 32.2. The van der Waals surface area contributed by atoms with E-state index in [0.29, 0.717) is 5.69 Å². The van der Waals surface area contributed by atoms with Crippen molar-refractivity contribution in [3.63, 3.8) is 0 Å². The number of hydrogen-bond acceptors (Lipinski definition) is 4. The van der Waals surface area contributed by atoms with Crippen LogP contribution < -0.4 is 10.5 Å². The van der Waals surface area contributed by atoms with E-state index in [1.54, 1.807) is 7.05 Å². The minimum atomic E-state index is -3.79.